The van der Waals surface area contributed by atoms with E-state index in [4.69, 9.17) is 4.42 Å². The van der Waals surface area contributed by atoms with Gasteiger partial charge >= 0.3 is 5.76 Å². The molecule has 1 amide bonds. The van der Waals surface area contributed by atoms with Gasteiger partial charge in [0.1, 0.15) is 6.54 Å². The lowest BCUT2D eigenvalue weighted by Crippen LogP contribution is -2.42. The van der Waals surface area contributed by atoms with Crippen LogP contribution in [-0.4, -0.2) is 54.3 Å². The summed E-state index contributed by atoms with van der Waals surface area (Å²) in [5.74, 6) is -0.162. The van der Waals surface area contributed by atoms with Crippen LogP contribution in [-0.2, 0) is 21.4 Å². The topological polar surface area (TPSA) is 92.8 Å². The zero-order chi connectivity index (χ0) is 22.2. The van der Waals surface area contributed by atoms with E-state index in [0.29, 0.717) is 43.5 Å². The Bertz CT molecular complexity index is 1100. The minimum Gasteiger partial charge on any atom is -0.408 e. The van der Waals surface area contributed by atoms with E-state index in [1.807, 2.05) is 0 Å². The molecule has 0 saturated carbocycles. The van der Waals surface area contributed by atoms with Gasteiger partial charge in [0.2, 0.25) is 15.9 Å². The number of piperidine rings is 1. The number of aromatic nitrogens is 1. The van der Waals surface area contributed by atoms with Gasteiger partial charge in [-0.05, 0) is 43.2 Å². The maximum atomic E-state index is 13.2. The van der Waals surface area contributed by atoms with Gasteiger partial charge in [-0.25, -0.2) is 13.2 Å². The van der Waals surface area contributed by atoms with E-state index in [1.165, 1.54) is 21.0 Å². The van der Waals surface area contributed by atoms with Crippen LogP contribution in [0.1, 0.15) is 46.0 Å². The predicted molar refractivity (Wildman–Crippen MR) is 117 cm³/mol. The quantitative estimate of drug-likeness (QED) is 0.715. The molecule has 2 aromatic rings. The number of rotatable bonds is 4. The standard InChI is InChI=1S/C22H31N3O5S/c1-16-11-17(2)14-24(13-16)31(28,29)18-7-8-19-20(12-18)30-22(27)25(19)15-21(26)23-9-5-3-4-6-10-23/h7-8,12,16-17H,3-6,9-11,13-15H2,1-2H3/t16-,17-/m0/s1. The smallest absolute Gasteiger partial charge is 0.408 e. The lowest BCUT2D eigenvalue weighted by molar-refractivity contribution is -0.131. The molecule has 9 heteroatoms. The van der Waals surface area contributed by atoms with Gasteiger partial charge in [-0.1, -0.05) is 26.7 Å². The summed E-state index contributed by atoms with van der Waals surface area (Å²) in [6.07, 6.45) is 5.19. The summed E-state index contributed by atoms with van der Waals surface area (Å²) in [7, 11) is -3.68. The van der Waals surface area contributed by atoms with E-state index >= 15 is 0 Å². The summed E-state index contributed by atoms with van der Waals surface area (Å²) < 4.78 is 34.5. The third-order valence-corrected chi connectivity index (χ3v) is 8.19. The van der Waals surface area contributed by atoms with Crippen LogP contribution in [0.3, 0.4) is 0 Å². The van der Waals surface area contributed by atoms with Crippen molar-refractivity contribution in [1.82, 2.24) is 13.8 Å². The van der Waals surface area contributed by atoms with Crippen molar-refractivity contribution in [3.8, 4) is 0 Å². The van der Waals surface area contributed by atoms with Gasteiger partial charge < -0.3 is 9.32 Å². The van der Waals surface area contributed by atoms with Crippen LogP contribution in [0.25, 0.3) is 11.1 Å². The average Bonchev–Trinajstić information content (AvgIpc) is 2.88. The Balaban J connectivity index is 1.60. The second-order valence-corrected chi connectivity index (χ2v) is 11.1. The fraction of sp³-hybridized carbons (Fsp3) is 0.636. The number of fused-ring (bicyclic) bond motifs is 1. The number of benzene rings is 1. The van der Waals surface area contributed by atoms with Gasteiger partial charge in [-0.2, -0.15) is 4.31 Å². The Labute approximate surface area is 182 Å². The van der Waals surface area contributed by atoms with Crippen molar-refractivity contribution in [2.75, 3.05) is 26.2 Å². The molecule has 2 atom stereocenters. The lowest BCUT2D eigenvalue weighted by Gasteiger charge is -2.34. The van der Waals surface area contributed by atoms with E-state index in [0.717, 1.165) is 32.1 Å². The molecule has 0 unspecified atom stereocenters. The minimum absolute atomic E-state index is 0.0981. The number of hydrogen-bond acceptors (Lipinski definition) is 5. The molecular weight excluding hydrogens is 418 g/mol. The van der Waals surface area contributed by atoms with E-state index in [9.17, 15) is 18.0 Å². The number of carbonyl (C=O) groups excluding carboxylic acids is 1. The zero-order valence-electron chi connectivity index (χ0n) is 18.2. The van der Waals surface area contributed by atoms with Gasteiger partial charge in [0.05, 0.1) is 10.4 Å². The summed E-state index contributed by atoms with van der Waals surface area (Å²) in [5, 5.41) is 0. The zero-order valence-corrected chi connectivity index (χ0v) is 19.1. The van der Waals surface area contributed by atoms with Crippen molar-refractivity contribution in [3.63, 3.8) is 0 Å². The first-order valence-electron chi connectivity index (χ1n) is 11.2. The molecule has 0 spiro atoms. The van der Waals surface area contributed by atoms with Crippen molar-refractivity contribution < 1.29 is 17.6 Å². The summed E-state index contributed by atoms with van der Waals surface area (Å²) in [5.41, 5.74) is 0.625. The third kappa shape index (κ3) is 4.57. The van der Waals surface area contributed by atoms with Crippen molar-refractivity contribution in [2.45, 2.75) is 57.4 Å². The molecule has 2 aliphatic rings. The molecule has 3 heterocycles. The van der Waals surface area contributed by atoms with Crippen LogP contribution in [0.15, 0.2) is 32.3 Å². The molecule has 31 heavy (non-hydrogen) atoms. The van der Waals surface area contributed by atoms with Gasteiger partial charge in [0.15, 0.2) is 5.58 Å². The fourth-order valence-electron chi connectivity index (χ4n) is 4.86. The third-order valence-electron chi connectivity index (χ3n) is 6.36. The molecule has 2 saturated heterocycles. The van der Waals surface area contributed by atoms with E-state index in [2.05, 4.69) is 13.8 Å². The minimum atomic E-state index is -3.68. The molecule has 0 bridgehead atoms. The molecule has 0 aliphatic carbocycles. The maximum Gasteiger partial charge on any atom is 0.420 e. The highest BCUT2D eigenvalue weighted by atomic mass is 32.2. The first-order valence-corrected chi connectivity index (χ1v) is 12.6. The van der Waals surface area contributed by atoms with Crippen molar-refractivity contribution in [3.05, 3.63) is 28.7 Å². The van der Waals surface area contributed by atoms with Crippen LogP contribution in [0.2, 0.25) is 0 Å². The summed E-state index contributed by atoms with van der Waals surface area (Å²) in [4.78, 5) is 27.1. The highest BCUT2D eigenvalue weighted by Crippen LogP contribution is 2.28. The highest BCUT2D eigenvalue weighted by Gasteiger charge is 2.32. The van der Waals surface area contributed by atoms with Crippen LogP contribution < -0.4 is 5.76 Å². The van der Waals surface area contributed by atoms with Crippen LogP contribution >= 0.6 is 0 Å². The monoisotopic (exact) mass is 449 g/mol. The van der Waals surface area contributed by atoms with Crippen LogP contribution in [0.4, 0.5) is 0 Å². The number of nitrogens with zero attached hydrogens (tertiary/aromatic N) is 3. The molecule has 0 N–H and O–H groups in total. The second kappa shape index (κ2) is 8.78. The van der Waals surface area contributed by atoms with E-state index in [1.54, 1.807) is 11.0 Å². The molecule has 1 aromatic heterocycles. The molecule has 2 aliphatic heterocycles. The lowest BCUT2D eigenvalue weighted by atomic mass is 9.94. The molecule has 4 rings (SSSR count). The first-order chi connectivity index (χ1) is 14.8. The Hall–Kier alpha value is -2.13. The molecule has 1 aromatic carbocycles. The Morgan fingerprint density at radius 2 is 1.71 bits per heavy atom. The Morgan fingerprint density at radius 1 is 1.06 bits per heavy atom. The molecule has 2 fully saturated rings. The summed E-state index contributed by atoms with van der Waals surface area (Å²) in [6, 6.07) is 4.48. The van der Waals surface area contributed by atoms with Gasteiger partial charge in [0.25, 0.3) is 0 Å². The van der Waals surface area contributed by atoms with Crippen molar-refractivity contribution >= 4 is 27.0 Å². The predicted octanol–water partition coefficient (Wildman–Crippen LogP) is 2.66. The maximum absolute atomic E-state index is 13.2. The van der Waals surface area contributed by atoms with Crippen LogP contribution in [0, 0.1) is 11.8 Å². The number of hydrogen-bond donors (Lipinski definition) is 0. The van der Waals surface area contributed by atoms with Crippen molar-refractivity contribution in [2.24, 2.45) is 11.8 Å². The summed E-state index contributed by atoms with van der Waals surface area (Å²) in [6.45, 7) is 6.40. The molecule has 170 valence electrons. The highest BCUT2D eigenvalue weighted by molar-refractivity contribution is 7.89. The normalized spacial score (nSPS) is 23.7. The van der Waals surface area contributed by atoms with Gasteiger partial charge in [-0.15, -0.1) is 0 Å². The number of sulfonamides is 1. The van der Waals surface area contributed by atoms with E-state index < -0.39 is 15.8 Å². The SMILES string of the molecule is C[C@H]1C[C@H](C)CN(S(=O)(=O)c2ccc3c(c2)oc(=O)n3CC(=O)N2CCCCCC2)C1. The largest absolute Gasteiger partial charge is 0.420 e. The fourth-order valence-corrected chi connectivity index (χ4v) is 6.56. The number of oxazole rings is 1. The Kier molecular flexibility index (Phi) is 6.25. The first kappa shape index (κ1) is 22.1. The molecule has 8 nitrogen and oxygen atoms in total. The molecule has 0 radical (unpaired) electrons. The Morgan fingerprint density at radius 3 is 2.35 bits per heavy atom. The number of likely N-dealkylation sites (tertiary alicyclic amines) is 1. The molecular formula is C22H31N3O5S. The van der Waals surface area contributed by atoms with E-state index in [-0.39, 0.29) is 22.9 Å². The number of carbonyl (C=O) groups is 1. The summed E-state index contributed by atoms with van der Waals surface area (Å²) >= 11 is 0. The number of amides is 1. The van der Waals surface area contributed by atoms with Gasteiger partial charge in [0, 0.05) is 32.2 Å². The second-order valence-electron chi connectivity index (χ2n) is 9.15. The van der Waals surface area contributed by atoms with Gasteiger partial charge in [-0.3, -0.25) is 9.36 Å². The van der Waals surface area contributed by atoms with Crippen LogP contribution in [0.5, 0.6) is 0 Å². The average molecular weight is 450 g/mol. The van der Waals surface area contributed by atoms with Crippen molar-refractivity contribution in [1.29, 1.82) is 0 Å².